The van der Waals surface area contributed by atoms with Crippen LogP contribution in [0.4, 0.5) is 4.39 Å². The molecule has 1 aromatic heterocycles. The number of hydrogen-bond acceptors (Lipinski definition) is 8. The number of thiophene rings is 1. The predicted molar refractivity (Wildman–Crippen MR) is 147 cm³/mol. The van der Waals surface area contributed by atoms with E-state index in [1.165, 1.54) is 25.6 Å². The van der Waals surface area contributed by atoms with Gasteiger partial charge in [0.15, 0.2) is 34.6 Å². The second-order valence-electron chi connectivity index (χ2n) is 9.38. The largest absolute Gasteiger partial charge is 0.493 e. The summed E-state index contributed by atoms with van der Waals surface area (Å²) in [5, 5.41) is 9.17. The first-order chi connectivity index (χ1) is 19.2. The van der Waals surface area contributed by atoms with Crippen LogP contribution in [0.2, 0.25) is 0 Å². The number of hydrogen-bond donors (Lipinski definition) is 1. The number of carbonyl (C=O) groups is 3. The highest BCUT2D eigenvalue weighted by molar-refractivity contribution is 7.20. The summed E-state index contributed by atoms with van der Waals surface area (Å²) in [6.07, 6.45) is 1.31. The normalized spacial score (nSPS) is 12.3. The van der Waals surface area contributed by atoms with Gasteiger partial charge in [-0.2, -0.15) is 0 Å². The van der Waals surface area contributed by atoms with E-state index in [0.717, 1.165) is 17.5 Å². The van der Waals surface area contributed by atoms with Crippen LogP contribution in [-0.4, -0.2) is 55.1 Å². The van der Waals surface area contributed by atoms with E-state index in [1.54, 1.807) is 17.0 Å². The van der Waals surface area contributed by atoms with Crippen molar-refractivity contribution < 1.29 is 42.8 Å². The molecule has 0 unspecified atom stereocenters. The smallest absolute Gasteiger partial charge is 0.303 e. The van der Waals surface area contributed by atoms with Crippen molar-refractivity contribution in [2.45, 2.75) is 52.1 Å². The number of methoxy groups -OCH3 is 2. The summed E-state index contributed by atoms with van der Waals surface area (Å²) in [5.74, 6) is -0.532. The lowest BCUT2D eigenvalue weighted by atomic mass is 10.1. The maximum atomic E-state index is 15.3. The number of fused-ring (bicyclic) bond motifs is 2. The Morgan fingerprint density at radius 2 is 1.60 bits per heavy atom. The van der Waals surface area contributed by atoms with Crippen molar-refractivity contribution in [1.82, 2.24) is 4.90 Å². The van der Waals surface area contributed by atoms with Crippen molar-refractivity contribution in [2.75, 3.05) is 27.4 Å². The second kappa shape index (κ2) is 13.0. The maximum absolute atomic E-state index is 15.3. The van der Waals surface area contributed by atoms with E-state index in [4.69, 9.17) is 24.1 Å². The Hall–Kier alpha value is -3.86. The Morgan fingerprint density at radius 1 is 0.925 bits per heavy atom. The van der Waals surface area contributed by atoms with Crippen LogP contribution in [0.1, 0.15) is 59.8 Å². The van der Waals surface area contributed by atoms with Crippen LogP contribution in [0.15, 0.2) is 24.3 Å². The molecule has 0 radical (unpaired) electrons. The van der Waals surface area contributed by atoms with Crippen molar-refractivity contribution in [3.05, 3.63) is 46.1 Å². The number of carbonyl (C=O) groups excluding carboxylic acids is 2. The van der Waals surface area contributed by atoms with Crippen LogP contribution >= 0.6 is 11.3 Å². The minimum atomic E-state index is -1.01. The molecule has 3 aromatic rings. The second-order valence-corrected chi connectivity index (χ2v) is 10.5. The molecule has 40 heavy (non-hydrogen) atoms. The molecule has 0 fully saturated rings. The quantitative estimate of drug-likeness (QED) is 0.196. The number of ether oxygens (including phenoxy) is 4. The van der Waals surface area contributed by atoms with Gasteiger partial charge in [-0.15, -0.1) is 11.3 Å². The van der Waals surface area contributed by atoms with Gasteiger partial charge in [-0.3, -0.25) is 14.4 Å². The van der Waals surface area contributed by atoms with Crippen LogP contribution in [0, 0.1) is 5.82 Å². The number of Topliss-reactive ketones (excluding diaryl/α,β-unsaturated/α-hetero) is 1. The number of aliphatic carboxylic acids is 1. The first kappa shape index (κ1) is 29.1. The maximum Gasteiger partial charge on any atom is 0.303 e. The fourth-order valence-corrected chi connectivity index (χ4v) is 5.57. The molecule has 11 heteroatoms. The molecule has 0 saturated carbocycles. The number of nitrogens with zero attached hydrogens (tertiary/aromatic N) is 1. The summed E-state index contributed by atoms with van der Waals surface area (Å²) >= 11 is 1.24. The third-order valence-electron chi connectivity index (χ3n) is 6.56. The molecule has 1 aliphatic heterocycles. The molecule has 0 spiro atoms. The molecule has 214 valence electrons. The molecule has 9 nitrogen and oxygen atoms in total. The number of carboxylic acids is 1. The van der Waals surface area contributed by atoms with Crippen LogP contribution in [0.25, 0.3) is 10.1 Å². The lowest BCUT2D eigenvalue weighted by molar-refractivity contribution is -0.141. The van der Waals surface area contributed by atoms with Crippen molar-refractivity contribution in [2.24, 2.45) is 0 Å². The third-order valence-corrected chi connectivity index (χ3v) is 7.68. The highest BCUT2D eigenvalue weighted by Crippen LogP contribution is 2.40. The average Bonchev–Trinajstić information content (AvgIpc) is 3.56. The molecule has 0 atom stereocenters. The van der Waals surface area contributed by atoms with Gasteiger partial charge in [0.2, 0.25) is 5.91 Å². The van der Waals surface area contributed by atoms with E-state index in [2.05, 4.69) is 0 Å². The van der Waals surface area contributed by atoms with E-state index in [0.29, 0.717) is 52.4 Å². The average molecular weight is 574 g/mol. The third kappa shape index (κ3) is 6.47. The van der Waals surface area contributed by atoms with E-state index >= 15 is 4.39 Å². The summed E-state index contributed by atoms with van der Waals surface area (Å²) in [6.45, 7) is 3.09. The van der Waals surface area contributed by atoms with Gasteiger partial charge in [0.1, 0.15) is 0 Å². The SMILES string of the molecule is CCCC(=O)c1cc2c(F)c(OCCCOc3cc4c(cc3OC)CN(C(=O)CCC(=O)O)C4)c(OC)cc2s1. The predicted octanol–water partition coefficient (Wildman–Crippen LogP) is 5.60. The van der Waals surface area contributed by atoms with Gasteiger partial charge in [-0.25, -0.2) is 4.39 Å². The fraction of sp³-hybridized carbons (Fsp3) is 0.414. The Bertz CT molecular complexity index is 1420. The highest BCUT2D eigenvalue weighted by atomic mass is 32.1. The van der Waals surface area contributed by atoms with Gasteiger partial charge < -0.3 is 29.0 Å². The van der Waals surface area contributed by atoms with Crippen LogP contribution < -0.4 is 18.9 Å². The molecule has 1 N–H and O–H groups in total. The molecular weight excluding hydrogens is 541 g/mol. The number of carboxylic acid groups (broad SMARTS) is 1. The number of amides is 1. The molecule has 1 amide bonds. The number of ketones is 1. The van der Waals surface area contributed by atoms with Gasteiger partial charge in [-0.1, -0.05) is 6.92 Å². The van der Waals surface area contributed by atoms with Gasteiger partial charge in [0.25, 0.3) is 0 Å². The molecule has 1 aliphatic rings. The molecule has 2 aromatic carbocycles. The zero-order valence-electron chi connectivity index (χ0n) is 22.7. The summed E-state index contributed by atoms with van der Waals surface area (Å²) in [7, 11) is 2.97. The molecule has 2 heterocycles. The Kier molecular flexibility index (Phi) is 9.46. The van der Waals surface area contributed by atoms with E-state index in [9.17, 15) is 14.4 Å². The monoisotopic (exact) mass is 573 g/mol. The summed E-state index contributed by atoms with van der Waals surface area (Å²) in [4.78, 5) is 37.6. The minimum Gasteiger partial charge on any atom is -0.493 e. The zero-order chi connectivity index (χ0) is 28.8. The first-order valence-corrected chi connectivity index (χ1v) is 13.9. The highest BCUT2D eigenvalue weighted by Gasteiger charge is 2.26. The first-order valence-electron chi connectivity index (χ1n) is 13.0. The van der Waals surface area contributed by atoms with E-state index in [-0.39, 0.29) is 49.2 Å². The summed E-state index contributed by atoms with van der Waals surface area (Å²) in [5.41, 5.74) is 1.82. The summed E-state index contributed by atoms with van der Waals surface area (Å²) < 4.78 is 38.5. The van der Waals surface area contributed by atoms with Crippen LogP contribution in [-0.2, 0) is 22.7 Å². The minimum absolute atomic E-state index is 0.00921. The molecule has 0 saturated heterocycles. The topological polar surface area (TPSA) is 112 Å². The lowest BCUT2D eigenvalue weighted by Gasteiger charge is -2.14. The molecule has 0 bridgehead atoms. The van der Waals surface area contributed by atoms with Crippen molar-refractivity contribution in [3.63, 3.8) is 0 Å². The fourth-order valence-electron chi connectivity index (χ4n) is 4.51. The lowest BCUT2D eigenvalue weighted by Crippen LogP contribution is -2.25. The molecule has 0 aliphatic carbocycles. The Labute approximate surface area is 235 Å². The van der Waals surface area contributed by atoms with E-state index < -0.39 is 11.8 Å². The van der Waals surface area contributed by atoms with Gasteiger partial charge in [0.05, 0.1) is 38.7 Å². The standard InChI is InChI=1S/C29H32FNO8S/c1-4-6-20(32)25-13-19-24(40-25)14-23(37-3)29(28(19)30)39-10-5-9-38-22-12-18-16-31(26(33)7-8-27(34)35)15-17(18)11-21(22)36-2/h11-14H,4-10,15-16H2,1-3H3,(H,34,35). The van der Waals surface area contributed by atoms with Crippen molar-refractivity contribution >= 4 is 39.1 Å². The van der Waals surface area contributed by atoms with E-state index in [1.807, 2.05) is 19.1 Å². The summed E-state index contributed by atoms with van der Waals surface area (Å²) in [6, 6.07) is 6.90. The Morgan fingerprint density at radius 3 is 2.25 bits per heavy atom. The van der Waals surface area contributed by atoms with Gasteiger partial charge in [-0.05, 0) is 35.7 Å². The number of halogens is 1. The van der Waals surface area contributed by atoms with Crippen molar-refractivity contribution in [3.8, 4) is 23.0 Å². The Balaban J connectivity index is 1.36. The zero-order valence-corrected chi connectivity index (χ0v) is 23.5. The number of rotatable bonds is 14. The molecular formula is C29H32FNO8S. The number of benzene rings is 2. The van der Waals surface area contributed by atoms with Crippen LogP contribution in [0.5, 0.6) is 23.0 Å². The molecule has 4 rings (SSSR count). The van der Waals surface area contributed by atoms with Gasteiger partial charge in [0, 0.05) is 48.5 Å². The van der Waals surface area contributed by atoms with Crippen molar-refractivity contribution in [1.29, 1.82) is 0 Å². The van der Waals surface area contributed by atoms with Gasteiger partial charge >= 0.3 is 5.97 Å². The van der Waals surface area contributed by atoms with Crippen LogP contribution in [0.3, 0.4) is 0 Å².